The second-order valence-corrected chi connectivity index (χ2v) is 3.70. The largest absolute Gasteiger partial charge is 0.379 e. The Morgan fingerprint density at radius 3 is 2.50 bits per heavy atom. The fraction of sp³-hybridized carbons (Fsp3) is 1.00. The molecule has 0 aromatic heterocycles. The van der Waals surface area contributed by atoms with Gasteiger partial charge in [0, 0.05) is 25.2 Å². The monoisotopic (exact) mass is 171 g/mol. The Morgan fingerprint density at radius 2 is 2.00 bits per heavy atom. The molecule has 1 aliphatic heterocycles. The van der Waals surface area contributed by atoms with Crippen molar-refractivity contribution in [1.29, 1.82) is 0 Å². The van der Waals surface area contributed by atoms with Gasteiger partial charge in [0.25, 0.3) is 0 Å². The Balaban J connectivity index is 1.77. The van der Waals surface area contributed by atoms with Gasteiger partial charge in [-0.25, -0.2) is 10.4 Å². The molecule has 0 aromatic carbocycles. The van der Waals surface area contributed by atoms with Crippen LogP contribution in [0.4, 0.5) is 0 Å². The first-order valence-corrected chi connectivity index (χ1v) is 4.65. The summed E-state index contributed by atoms with van der Waals surface area (Å²) < 4.78 is 5.26. The van der Waals surface area contributed by atoms with Crippen molar-refractivity contribution in [2.45, 2.75) is 18.4 Å². The summed E-state index contributed by atoms with van der Waals surface area (Å²) in [7, 11) is 0. The fourth-order valence-corrected chi connectivity index (χ4v) is 1.52. The predicted molar refractivity (Wildman–Crippen MR) is 46.5 cm³/mol. The molecule has 0 atom stereocenters. The molecule has 0 amide bonds. The summed E-state index contributed by atoms with van der Waals surface area (Å²) in [4.78, 5) is 0. The molecule has 0 aromatic rings. The van der Waals surface area contributed by atoms with Crippen LogP contribution >= 0.6 is 0 Å². The van der Waals surface area contributed by atoms with Crippen LogP contribution in [0.2, 0.25) is 0 Å². The number of hydrazine groups is 1. The normalized spacial score (nSPS) is 28.8. The lowest BCUT2D eigenvalue weighted by atomic mass is 10.3. The zero-order valence-electron chi connectivity index (χ0n) is 7.38. The average Bonchev–Trinajstić information content (AvgIpc) is 2.88. The number of nitrogens with zero attached hydrogens (tertiary/aromatic N) is 1. The van der Waals surface area contributed by atoms with Gasteiger partial charge in [0.15, 0.2) is 0 Å². The minimum atomic E-state index is 0.247. The third-order valence-corrected chi connectivity index (χ3v) is 2.65. The van der Waals surface area contributed by atoms with Gasteiger partial charge in [0.1, 0.15) is 0 Å². The molecule has 12 heavy (non-hydrogen) atoms. The maximum absolute atomic E-state index is 5.67. The van der Waals surface area contributed by atoms with Gasteiger partial charge in [-0.05, 0) is 12.8 Å². The molecule has 3 N–H and O–H groups in total. The lowest BCUT2D eigenvalue weighted by Crippen LogP contribution is -2.53. The summed E-state index contributed by atoms with van der Waals surface area (Å²) in [6.07, 6.45) is 2.45. The Bertz CT molecular complexity index is 152. The van der Waals surface area contributed by atoms with E-state index in [1.807, 2.05) is 0 Å². The maximum atomic E-state index is 5.67. The van der Waals surface area contributed by atoms with Crippen LogP contribution in [0.1, 0.15) is 12.8 Å². The first-order valence-electron chi connectivity index (χ1n) is 4.65. The van der Waals surface area contributed by atoms with Gasteiger partial charge in [0.2, 0.25) is 0 Å². The molecule has 0 spiro atoms. The first-order chi connectivity index (χ1) is 5.85. The molecule has 4 nitrogen and oxygen atoms in total. The van der Waals surface area contributed by atoms with E-state index < -0.39 is 0 Å². The van der Waals surface area contributed by atoms with Gasteiger partial charge in [0.05, 0.1) is 13.2 Å². The van der Waals surface area contributed by atoms with E-state index in [9.17, 15) is 0 Å². The molecule has 2 aliphatic rings. The molecule has 70 valence electrons. The van der Waals surface area contributed by atoms with Gasteiger partial charge < -0.3 is 10.5 Å². The summed E-state index contributed by atoms with van der Waals surface area (Å²) in [5.41, 5.74) is 9.40. The van der Waals surface area contributed by atoms with Crippen molar-refractivity contribution >= 4 is 0 Å². The van der Waals surface area contributed by atoms with E-state index in [1.165, 1.54) is 12.8 Å². The van der Waals surface area contributed by atoms with Crippen molar-refractivity contribution in [1.82, 2.24) is 10.4 Å². The average molecular weight is 171 g/mol. The number of nitrogens with two attached hydrogens (primary N) is 1. The molecule has 0 bridgehead atoms. The van der Waals surface area contributed by atoms with Crippen molar-refractivity contribution in [3.8, 4) is 0 Å². The van der Waals surface area contributed by atoms with Crippen LogP contribution in [0.3, 0.4) is 0 Å². The van der Waals surface area contributed by atoms with E-state index in [0.29, 0.717) is 0 Å². The van der Waals surface area contributed by atoms with Crippen LogP contribution in [0, 0.1) is 0 Å². The Labute approximate surface area is 73.0 Å². The Morgan fingerprint density at radius 1 is 1.33 bits per heavy atom. The van der Waals surface area contributed by atoms with Crippen molar-refractivity contribution in [2.24, 2.45) is 5.73 Å². The highest BCUT2D eigenvalue weighted by molar-refractivity contribution is 5.02. The molecule has 1 aliphatic carbocycles. The number of hydrogen-bond donors (Lipinski definition) is 2. The number of ether oxygens (including phenoxy) is 1. The SMILES string of the molecule is NCC1(NN2CCOCC2)CC1. The Kier molecular flexibility index (Phi) is 2.32. The lowest BCUT2D eigenvalue weighted by Gasteiger charge is -2.31. The van der Waals surface area contributed by atoms with E-state index >= 15 is 0 Å². The van der Waals surface area contributed by atoms with Gasteiger partial charge >= 0.3 is 0 Å². The first kappa shape index (κ1) is 8.44. The summed E-state index contributed by atoms with van der Waals surface area (Å²) in [5.74, 6) is 0. The zero-order valence-corrected chi connectivity index (χ0v) is 7.38. The van der Waals surface area contributed by atoms with Gasteiger partial charge in [-0.1, -0.05) is 0 Å². The molecular formula is C8H17N3O. The van der Waals surface area contributed by atoms with E-state index in [1.54, 1.807) is 0 Å². The zero-order chi connectivity index (χ0) is 8.44. The number of morpholine rings is 1. The van der Waals surface area contributed by atoms with Crippen molar-refractivity contribution < 1.29 is 4.74 Å². The quantitative estimate of drug-likeness (QED) is 0.590. The van der Waals surface area contributed by atoms with E-state index in [2.05, 4.69) is 10.4 Å². The minimum Gasteiger partial charge on any atom is -0.379 e. The number of nitrogens with one attached hydrogen (secondary N) is 1. The highest BCUT2D eigenvalue weighted by atomic mass is 16.5. The highest BCUT2D eigenvalue weighted by Crippen LogP contribution is 2.34. The maximum Gasteiger partial charge on any atom is 0.0608 e. The topological polar surface area (TPSA) is 50.5 Å². The van der Waals surface area contributed by atoms with Gasteiger partial charge in [-0.15, -0.1) is 0 Å². The molecule has 4 heteroatoms. The lowest BCUT2D eigenvalue weighted by molar-refractivity contribution is 0.00155. The van der Waals surface area contributed by atoms with Crippen LogP contribution in [-0.4, -0.2) is 43.4 Å². The van der Waals surface area contributed by atoms with E-state index in [-0.39, 0.29) is 5.54 Å². The molecular weight excluding hydrogens is 154 g/mol. The standard InChI is InChI=1S/C8H17N3O/c9-7-8(1-2-8)10-11-3-5-12-6-4-11/h10H,1-7,9H2. The van der Waals surface area contributed by atoms with Crippen LogP contribution < -0.4 is 11.2 Å². The van der Waals surface area contributed by atoms with Crippen LogP contribution in [-0.2, 0) is 4.74 Å². The van der Waals surface area contributed by atoms with Crippen molar-refractivity contribution in [3.05, 3.63) is 0 Å². The van der Waals surface area contributed by atoms with Crippen LogP contribution in [0.5, 0.6) is 0 Å². The van der Waals surface area contributed by atoms with E-state index in [4.69, 9.17) is 10.5 Å². The molecule has 1 saturated heterocycles. The van der Waals surface area contributed by atoms with Crippen molar-refractivity contribution in [2.75, 3.05) is 32.8 Å². The van der Waals surface area contributed by atoms with Gasteiger partial charge in [-0.2, -0.15) is 0 Å². The molecule has 0 radical (unpaired) electrons. The minimum absolute atomic E-state index is 0.247. The van der Waals surface area contributed by atoms with E-state index in [0.717, 1.165) is 32.8 Å². The molecule has 1 saturated carbocycles. The Hall–Kier alpha value is -0.160. The third-order valence-electron chi connectivity index (χ3n) is 2.65. The van der Waals surface area contributed by atoms with Crippen molar-refractivity contribution in [3.63, 3.8) is 0 Å². The molecule has 1 heterocycles. The number of hydrogen-bond acceptors (Lipinski definition) is 4. The van der Waals surface area contributed by atoms with Gasteiger partial charge in [-0.3, -0.25) is 0 Å². The summed E-state index contributed by atoms with van der Waals surface area (Å²) in [6.45, 7) is 4.41. The highest BCUT2D eigenvalue weighted by Gasteiger charge is 2.42. The summed E-state index contributed by atoms with van der Waals surface area (Å²) in [5, 5.41) is 2.24. The van der Waals surface area contributed by atoms with Crippen LogP contribution in [0.25, 0.3) is 0 Å². The summed E-state index contributed by atoms with van der Waals surface area (Å²) in [6, 6.07) is 0. The second-order valence-electron chi connectivity index (χ2n) is 3.70. The number of rotatable bonds is 3. The predicted octanol–water partition coefficient (Wildman–Crippen LogP) is -0.685. The van der Waals surface area contributed by atoms with Crippen LogP contribution in [0.15, 0.2) is 0 Å². The fourth-order valence-electron chi connectivity index (χ4n) is 1.52. The molecule has 2 fully saturated rings. The molecule has 2 rings (SSSR count). The molecule has 0 unspecified atom stereocenters. The smallest absolute Gasteiger partial charge is 0.0608 e. The summed E-state index contributed by atoms with van der Waals surface area (Å²) >= 11 is 0. The third kappa shape index (κ3) is 1.77. The second kappa shape index (κ2) is 3.30.